The Bertz CT molecular complexity index is 630. The molecular weight excluding hydrogens is 286 g/mol. The van der Waals surface area contributed by atoms with Crippen LogP contribution in [-0.4, -0.2) is 36.7 Å². The van der Waals surface area contributed by atoms with Gasteiger partial charge in [0.2, 0.25) is 0 Å². The molecule has 1 fully saturated rings. The minimum atomic E-state index is -3.35. The predicted molar refractivity (Wildman–Crippen MR) is 83.9 cm³/mol. The average Bonchev–Trinajstić information content (AvgIpc) is 2.46. The van der Waals surface area contributed by atoms with Gasteiger partial charge in [0, 0.05) is 31.9 Å². The van der Waals surface area contributed by atoms with Gasteiger partial charge in [-0.2, -0.15) is 17.0 Å². The highest BCUT2D eigenvalue weighted by molar-refractivity contribution is 7.86. The highest BCUT2D eigenvalue weighted by Crippen LogP contribution is 2.26. The lowest BCUT2D eigenvalue weighted by molar-refractivity contribution is 0.253. The zero-order valence-corrected chi connectivity index (χ0v) is 13.3. The molecular formula is C15H23N3O2S. The molecule has 0 aliphatic carbocycles. The lowest BCUT2D eigenvalue weighted by Gasteiger charge is -2.36. The maximum atomic E-state index is 12.8. The number of nitrogens with two attached hydrogens (primary N) is 1. The van der Waals surface area contributed by atoms with Gasteiger partial charge in [0.1, 0.15) is 0 Å². The van der Waals surface area contributed by atoms with Crippen LogP contribution in [0.1, 0.15) is 30.9 Å². The van der Waals surface area contributed by atoms with E-state index in [2.05, 4.69) is 6.92 Å². The quantitative estimate of drug-likeness (QED) is 0.844. The van der Waals surface area contributed by atoms with Crippen molar-refractivity contribution in [2.45, 2.75) is 32.7 Å². The van der Waals surface area contributed by atoms with Gasteiger partial charge in [-0.3, -0.25) is 0 Å². The first-order chi connectivity index (χ1) is 9.96. The Morgan fingerprint density at radius 3 is 2.76 bits per heavy atom. The molecule has 2 aliphatic heterocycles. The summed E-state index contributed by atoms with van der Waals surface area (Å²) in [5.74, 6) is 0.446. The zero-order chi connectivity index (χ0) is 15.0. The van der Waals surface area contributed by atoms with Crippen LogP contribution in [0.4, 0.5) is 5.69 Å². The first-order valence-corrected chi connectivity index (χ1v) is 8.99. The van der Waals surface area contributed by atoms with Gasteiger partial charge in [-0.15, -0.1) is 0 Å². The van der Waals surface area contributed by atoms with E-state index in [4.69, 9.17) is 5.73 Å². The summed E-state index contributed by atoms with van der Waals surface area (Å²) in [6.45, 7) is 4.40. The molecule has 6 heteroatoms. The van der Waals surface area contributed by atoms with E-state index >= 15 is 0 Å². The van der Waals surface area contributed by atoms with Crippen LogP contribution in [0.3, 0.4) is 0 Å². The van der Waals surface area contributed by atoms with Crippen molar-refractivity contribution in [1.82, 2.24) is 8.61 Å². The van der Waals surface area contributed by atoms with E-state index < -0.39 is 10.2 Å². The van der Waals surface area contributed by atoms with Crippen molar-refractivity contribution in [3.05, 3.63) is 29.3 Å². The summed E-state index contributed by atoms with van der Waals surface area (Å²) in [6, 6.07) is 5.79. The second kappa shape index (κ2) is 5.59. The van der Waals surface area contributed by atoms with Crippen LogP contribution in [0.5, 0.6) is 0 Å². The molecule has 0 amide bonds. The number of benzene rings is 1. The first kappa shape index (κ1) is 14.8. The molecule has 1 unspecified atom stereocenters. The molecule has 2 N–H and O–H groups in total. The SMILES string of the molecule is CC1CCCN(S(=O)(=O)N2CCc3ccc(N)cc3C2)C1. The van der Waals surface area contributed by atoms with Crippen molar-refractivity contribution in [3.63, 3.8) is 0 Å². The monoisotopic (exact) mass is 309 g/mol. The lowest BCUT2D eigenvalue weighted by atomic mass is 10.0. The van der Waals surface area contributed by atoms with E-state index in [0.29, 0.717) is 37.8 Å². The van der Waals surface area contributed by atoms with Crippen LogP contribution in [0.15, 0.2) is 18.2 Å². The van der Waals surface area contributed by atoms with E-state index in [1.165, 1.54) is 5.56 Å². The Morgan fingerprint density at radius 1 is 1.19 bits per heavy atom. The Labute approximate surface area is 126 Å². The fourth-order valence-corrected chi connectivity index (χ4v) is 5.02. The van der Waals surface area contributed by atoms with E-state index in [0.717, 1.165) is 24.8 Å². The predicted octanol–water partition coefficient (Wildman–Crippen LogP) is 1.60. The minimum Gasteiger partial charge on any atom is -0.399 e. The Balaban J connectivity index is 1.81. The number of rotatable bonds is 2. The molecule has 116 valence electrons. The molecule has 1 aromatic carbocycles. The average molecular weight is 309 g/mol. The molecule has 0 spiro atoms. The smallest absolute Gasteiger partial charge is 0.282 e. The van der Waals surface area contributed by atoms with Crippen molar-refractivity contribution in [3.8, 4) is 0 Å². The van der Waals surface area contributed by atoms with E-state index in [1.807, 2.05) is 18.2 Å². The number of nitrogen functional groups attached to an aromatic ring is 1. The van der Waals surface area contributed by atoms with Gasteiger partial charge < -0.3 is 5.73 Å². The fraction of sp³-hybridized carbons (Fsp3) is 0.600. The molecule has 5 nitrogen and oxygen atoms in total. The summed E-state index contributed by atoms with van der Waals surface area (Å²) >= 11 is 0. The molecule has 0 bridgehead atoms. The van der Waals surface area contributed by atoms with Crippen LogP contribution in [0, 0.1) is 5.92 Å². The second-order valence-corrected chi connectivity index (χ2v) is 8.15. The van der Waals surface area contributed by atoms with Crippen LogP contribution in [0.2, 0.25) is 0 Å². The topological polar surface area (TPSA) is 66.6 Å². The fourth-order valence-electron chi connectivity index (χ4n) is 3.27. The normalized spacial score (nSPS) is 24.7. The molecule has 1 aromatic rings. The number of nitrogens with zero attached hydrogens (tertiary/aromatic N) is 2. The Kier molecular flexibility index (Phi) is 3.94. The van der Waals surface area contributed by atoms with Gasteiger partial charge in [-0.25, -0.2) is 0 Å². The van der Waals surface area contributed by atoms with Crippen molar-refractivity contribution in [2.24, 2.45) is 5.92 Å². The third-order valence-electron chi connectivity index (χ3n) is 4.48. The van der Waals surface area contributed by atoms with Gasteiger partial charge >= 0.3 is 0 Å². The minimum absolute atomic E-state index is 0.438. The highest BCUT2D eigenvalue weighted by atomic mass is 32.2. The van der Waals surface area contributed by atoms with Gasteiger partial charge in [0.25, 0.3) is 10.2 Å². The molecule has 2 heterocycles. The molecule has 0 aromatic heterocycles. The number of fused-ring (bicyclic) bond motifs is 1. The molecule has 0 saturated carbocycles. The summed E-state index contributed by atoms with van der Waals surface area (Å²) < 4.78 is 28.9. The Hall–Kier alpha value is -1.11. The molecule has 3 rings (SSSR count). The summed E-state index contributed by atoms with van der Waals surface area (Å²) in [4.78, 5) is 0. The third kappa shape index (κ3) is 2.93. The van der Waals surface area contributed by atoms with Gasteiger partial charge in [-0.1, -0.05) is 13.0 Å². The van der Waals surface area contributed by atoms with Crippen LogP contribution >= 0.6 is 0 Å². The lowest BCUT2D eigenvalue weighted by Crippen LogP contribution is -2.49. The first-order valence-electron chi connectivity index (χ1n) is 7.59. The molecule has 0 radical (unpaired) electrons. The summed E-state index contributed by atoms with van der Waals surface area (Å²) in [5, 5.41) is 0. The number of anilines is 1. The van der Waals surface area contributed by atoms with Crippen LogP contribution < -0.4 is 5.73 Å². The molecule has 1 atom stereocenters. The van der Waals surface area contributed by atoms with E-state index in [1.54, 1.807) is 8.61 Å². The van der Waals surface area contributed by atoms with Crippen LogP contribution in [-0.2, 0) is 23.2 Å². The number of piperidine rings is 1. The van der Waals surface area contributed by atoms with Gasteiger partial charge in [-0.05, 0) is 48.4 Å². The summed E-state index contributed by atoms with van der Waals surface area (Å²) in [6.07, 6.45) is 2.83. The van der Waals surface area contributed by atoms with Crippen LogP contribution in [0.25, 0.3) is 0 Å². The van der Waals surface area contributed by atoms with Crippen molar-refractivity contribution in [1.29, 1.82) is 0 Å². The molecule has 1 saturated heterocycles. The van der Waals surface area contributed by atoms with E-state index in [-0.39, 0.29) is 0 Å². The van der Waals surface area contributed by atoms with E-state index in [9.17, 15) is 8.42 Å². The largest absolute Gasteiger partial charge is 0.399 e. The molecule has 2 aliphatic rings. The Morgan fingerprint density at radius 2 is 2.00 bits per heavy atom. The standard InChI is InChI=1S/C15H23N3O2S/c1-12-3-2-7-17(10-12)21(19,20)18-8-6-13-4-5-15(16)9-14(13)11-18/h4-5,9,12H,2-3,6-8,10-11,16H2,1H3. The van der Waals surface area contributed by atoms with Crippen molar-refractivity contribution >= 4 is 15.9 Å². The summed E-state index contributed by atoms with van der Waals surface area (Å²) in [5.41, 5.74) is 8.76. The zero-order valence-electron chi connectivity index (χ0n) is 12.5. The van der Waals surface area contributed by atoms with Gasteiger partial charge in [0.05, 0.1) is 0 Å². The number of hydrogen-bond donors (Lipinski definition) is 1. The second-order valence-electron chi connectivity index (χ2n) is 6.22. The summed E-state index contributed by atoms with van der Waals surface area (Å²) in [7, 11) is -3.35. The maximum Gasteiger partial charge on any atom is 0.282 e. The molecule has 21 heavy (non-hydrogen) atoms. The van der Waals surface area contributed by atoms with Crippen molar-refractivity contribution < 1.29 is 8.42 Å². The van der Waals surface area contributed by atoms with Gasteiger partial charge in [0.15, 0.2) is 0 Å². The third-order valence-corrected chi connectivity index (χ3v) is 6.43. The highest BCUT2D eigenvalue weighted by Gasteiger charge is 2.34. The van der Waals surface area contributed by atoms with Crippen molar-refractivity contribution in [2.75, 3.05) is 25.4 Å². The number of hydrogen-bond acceptors (Lipinski definition) is 3. The maximum absolute atomic E-state index is 12.8.